The van der Waals surface area contributed by atoms with E-state index in [1.54, 1.807) is 4.90 Å². The van der Waals surface area contributed by atoms with Crippen LogP contribution < -0.4 is 5.32 Å². The minimum atomic E-state index is -0.581. The Labute approximate surface area is 109 Å². The van der Waals surface area contributed by atoms with Gasteiger partial charge in [0.15, 0.2) is 0 Å². The Morgan fingerprint density at radius 1 is 1.56 bits per heavy atom. The molecule has 0 aliphatic carbocycles. The van der Waals surface area contributed by atoms with Crippen LogP contribution in [0.15, 0.2) is 0 Å². The first-order valence-corrected chi connectivity index (χ1v) is 6.55. The van der Waals surface area contributed by atoms with Crippen LogP contribution in [0, 0.1) is 0 Å². The zero-order valence-corrected chi connectivity index (χ0v) is 12.1. The fourth-order valence-electron chi connectivity index (χ4n) is 2.46. The highest BCUT2D eigenvalue weighted by molar-refractivity contribution is 5.85. The molecule has 0 aromatic carbocycles. The van der Waals surface area contributed by atoms with Crippen LogP contribution in [0.2, 0.25) is 0 Å². The predicted octanol–water partition coefficient (Wildman–Crippen LogP) is 0.373. The largest absolute Gasteiger partial charge is 0.394 e. The maximum atomic E-state index is 12.5. The summed E-state index contributed by atoms with van der Waals surface area (Å²) >= 11 is 0. The molecule has 5 nitrogen and oxygen atoms in total. The van der Waals surface area contributed by atoms with Gasteiger partial charge in [-0.2, -0.15) is 0 Å². The van der Waals surface area contributed by atoms with Crippen molar-refractivity contribution >= 4 is 5.91 Å². The number of nitrogens with one attached hydrogen (secondary N) is 1. The van der Waals surface area contributed by atoms with Crippen molar-refractivity contribution in [3.8, 4) is 0 Å². The molecule has 1 atom stereocenters. The summed E-state index contributed by atoms with van der Waals surface area (Å²) in [5.41, 5.74) is -0.994. The number of likely N-dealkylation sites (N-methyl/N-ethyl adjacent to an activating group) is 1. The third kappa shape index (κ3) is 3.67. The van der Waals surface area contributed by atoms with E-state index >= 15 is 0 Å². The molecule has 0 aromatic rings. The molecule has 0 aromatic heterocycles. The molecule has 1 fully saturated rings. The van der Waals surface area contributed by atoms with Gasteiger partial charge >= 0.3 is 0 Å². The monoisotopic (exact) mass is 258 g/mol. The van der Waals surface area contributed by atoms with Gasteiger partial charge in [-0.1, -0.05) is 6.92 Å². The number of carbonyl (C=O) groups excluding carboxylic acids is 1. The lowest BCUT2D eigenvalue weighted by atomic mass is 9.99. The zero-order valence-electron chi connectivity index (χ0n) is 12.1. The van der Waals surface area contributed by atoms with Crippen LogP contribution in [-0.4, -0.2) is 59.4 Å². The van der Waals surface area contributed by atoms with Crippen LogP contribution in [0.5, 0.6) is 0 Å². The first-order valence-electron chi connectivity index (χ1n) is 6.55. The highest BCUT2D eigenvalue weighted by Gasteiger charge is 2.39. The molecule has 1 rings (SSSR count). The molecule has 1 heterocycles. The van der Waals surface area contributed by atoms with Gasteiger partial charge in [-0.25, -0.2) is 0 Å². The van der Waals surface area contributed by atoms with E-state index in [4.69, 9.17) is 4.74 Å². The normalized spacial score (nSPS) is 24.1. The van der Waals surface area contributed by atoms with E-state index < -0.39 is 11.1 Å². The molecule has 2 N–H and O–H groups in total. The van der Waals surface area contributed by atoms with Crippen LogP contribution in [0.4, 0.5) is 0 Å². The standard InChI is InChI=1S/C13H26N2O3/c1-6-14-13(4,5)11(17)15-7-10(8-16)18-12(2,3)9-15/h10,14,16H,6-9H2,1-5H3. The number of aliphatic hydroxyl groups excluding tert-OH is 1. The van der Waals surface area contributed by atoms with Crippen molar-refractivity contribution in [1.29, 1.82) is 0 Å². The van der Waals surface area contributed by atoms with Gasteiger partial charge in [0, 0.05) is 13.1 Å². The highest BCUT2D eigenvalue weighted by Crippen LogP contribution is 2.23. The van der Waals surface area contributed by atoms with E-state index in [9.17, 15) is 9.90 Å². The van der Waals surface area contributed by atoms with Crippen molar-refractivity contribution in [2.75, 3.05) is 26.2 Å². The third-order valence-electron chi connectivity index (χ3n) is 3.13. The average Bonchev–Trinajstić information content (AvgIpc) is 2.25. The SMILES string of the molecule is CCNC(C)(C)C(=O)N1CC(CO)OC(C)(C)C1. The van der Waals surface area contributed by atoms with Gasteiger partial charge in [0.25, 0.3) is 0 Å². The summed E-state index contributed by atoms with van der Waals surface area (Å²) in [5, 5.41) is 12.4. The van der Waals surface area contributed by atoms with Gasteiger partial charge < -0.3 is 20.1 Å². The Kier molecular flexibility index (Phi) is 4.75. The van der Waals surface area contributed by atoms with Crippen molar-refractivity contribution in [2.24, 2.45) is 0 Å². The van der Waals surface area contributed by atoms with Gasteiger partial charge in [0.2, 0.25) is 5.91 Å². The number of carbonyl (C=O) groups is 1. The van der Waals surface area contributed by atoms with Gasteiger partial charge in [0.05, 0.1) is 23.9 Å². The first kappa shape index (κ1) is 15.4. The van der Waals surface area contributed by atoms with Gasteiger partial charge in [-0.15, -0.1) is 0 Å². The Morgan fingerprint density at radius 2 is 2.17 bits per heavy atom. The van der Waals surface area contributed by atoms with Crippen molar-refractivity contribution in [2.45, 2.75) is 51.9 Å². The maximum Gasteiger partial charge on any atom is 0.242 e. The molecule has 5 heteroatoms. The Bertz CT molecular complexity index is 303. The molecule has 18 heavy (non-hydrogen) atoms. The van der Waals surface area contributed by atoms with E-state index in [2.05, 4.69) is 5.32 Å². The van der Waals surface area contributed by atoms with E-state index in [-0.39, 0.29) is 18.6 Å². The molecule has 1 aliphatic rings. The number of nitrogens with zero attached hydrogens (tertiary/aromatic N) is 1. The number of ether oxygens (including phenoxy) is 1. The Balaban J connectivity index is 2.78. The molecular formula is C13H26N2O3. The fourth-order valence-corrected chi connectivity index (χ4v) is 2.46. The van der Waals surface area contributed by atoms with E-state index in [1.165, 1.54) is 0 Å². The molecule has 106 valence electrons. The molecule has 1 saturated heterocycles. The molecule has 1 amide bonds. The summed E-state index contributed by atoms with van der Waals surface area (Å²) in [6, 6.07) is 0. The predicted molar refractivity (Wildman–Crippen MR) is 70.4 cm³/mol. The Morgan fingerprint density at radius 3 is 2.67 bits per heavy atom. The van der Waals surface area contributed by atoms with Crippen LogP contribution >= 0.6 is 0 Å². The number of amides is 1. The van der Waals surface area contributed by atoms with E-state index in [0.717, 1.165) is 6.54 Å². The van der Waals surface area contributed by atoms with Gasteiger partial charge in [0.1, 0.15) is 0 Å². The number of hydrogen-bond acceptors (Lipinski definition) is 4. The van der Waals surface area contributed by atoms with Gasteiger partial charge in [-0.3, -0.25) is 4.79 Å². The van der Waals surface area contributed by atoms with Crippen molar-refractivity contribution in [3.63, 3.8) is 0 Å². The van der Waals surface area contributed by atoms with Crippen LogP contribution in [-0.2, 0) is 9.53 Å². The summed E-state index contributed by atoms with van der Waals surface area (Å²) in [6.07, 6.45) is -0.296. The van der Waals surface area contributed by atoms with Gasteiger partial charge in [-0.05, 0) is 34.2 Å². The van der Waals surface area contributed by atoms with Crippen molar-refractivity contribution < 1.29 is 14.6 Å². The summed E-state index contributed by atoms with van der Waals surface area (Å²) in [5.74, 6) is 0.0548. The van der Waals surface area contributed by atoms with Crippen molar-refractivity contribution in [1.82, 2.24) is 10.2 Å². The minimum absolute atomic E-state index is 0.0548. The third-order valence-corrected chi connectivity index (χ3v) is 3.13. The smallest absolute Gasteiger partial charge is 0.242 e. The number of morpholine rings is 1. The molecule has 0 bridgehead atoms. The summed E-state index contributed by atoms with van der Waals surface area (Å²) in [4.78, 5) is 14.3. The molecule has 1 unspecified atom stereocenters. The van der Waals surface area contributed by atoms with Crippen LogP contribution in [0.3, 0.4) is 0 Å². The topological polar surface area (TPSA) is 61.8 Å². The average molecular weight is 258 g/mol. The highest BCUT2D eigenvalue weighted by atomic mass is 16.5. The first-order chi connectivity index (χ1) is 8.22. The van der Waals surface area contributed by atoms with E-state index in [1.807, 2.05) is 34.6 Å². The second-order valence-electron chi connectivity index (χ2n) is 6.02. The summed E-state index contributed by atoms with van der Waals surface area (Å²) in [6.45, 7) is 11.3. The molecule has 0 saturated carbocycles. The molecule has 0 radical (unpaired) electrons. The molecular weight excluding hydrogens is 232 g/mol. The zero-order chi connectivity index (χ0) is 14.0. The van der Waals surface area contributed by atoms with Crippen molar-refractivity contribution in [3.05, 3.63) is 0 Å². The number of hydrogen-bond donors (Lipinski definition) is 2. The second-order valence-corrected chi connectivity index (χ2v) is 6.02. The molecule has 1 aliphatic heterocycles. The minimum Gasteiger partial charge on any atom is -0.394 e. The van der Waals surface area contributed by atoms with E-state index in [0.29, 0.717) is 13.1 Å². The number of rotatable bonds is 4. The Hall–Kier alpha value is -0.650. The maximum absolute atomic E-state index is 12.5. The lowest BCUT2D eigenvalue weighted by Gasteiger charge is -2.44. The summed E-state index contributed by atoms with van der Waals surface area (Å²) in [7, 11) is 0. The lowest BCUT2D eigenvalue weighted by molar-refractivity contribution is -0.170. The lowest BCUT2D eigenvalue weighted by Crippen LogP contribution is -2.62. The quantitative estimate of drug-likeness (QED) is 0.765. The van der Waals surface area contributed by atoms with Crippen LogP contribution in [0.25, 0.3) is 0 Å². The van der Waals surface area contributed by atoms with Crippen LogP contribution in [0.1, 0.15) is 34.6 Å². The fraction of sp³-hybridized carbons (Fsp3) is 0.923. The summed E-state index contributed by atoms with van der Waals surface area (Å²) < 4.78 is 5.71. The molecule has 0 spiro atoms. The second kappa shape index (κ2) is 5.55. The number of aliphatic hydroxyl groups is 1.